The predicted molar refractivity (Wildman–Crippen MR) is 230 cm³/mol. The molecule has 8 aromatic carbocycles. The molecule has 0 radical (unpaired) electrons. The third-order valence-corrected chi connectivity index (χ3v) is 11.7. The minimum absolute atomic E-state index is 0.154. The van der Waals surface area contributed by atoms with Crippen LogP contribution in [-0.2, 0) is 6.18 Å². The fraction of sp³-hybridized carbons (Fsp3) is 0.0196. The predicted octanol–water partition coefficient (Wildman–Crippen LogP) is 14.1. The molecule has 0 fully saturated rings. The summed E-state index contributed by atoms with van der Waals surface area (Å²) in [5.74, 6) is 0. The van der Waals surface area contributed by atoms with Gasteiger partial charge < -0.3 is 18.0 Å². The fourth-order valence-corrected chi connectivity index (χ4v) is 9.36. The monoisotopic (exact) mass is 782 g/mol. The normalized spacial score (nSPS) is 12.2. The van der Waals surface area contributed by atoms with Crippen LogP contribution in [0.4, 0.5) is 13.2 Å². The summed E-state index contributed by atoms with van der Waals surface area (Å²) in [5.41, 5.74) is 6.29. The second kappa shape index (κ2) is 12.1. The third-order valence-electron chi connectivity index (χ3n) is 11.7. The Labute approximate surface area is 337 Å². The summed E-state index contributed by atoms with van der Waals surface area (Å²) in [4.78, 5) is 0. The lowest BCUT2D eigenvalue weighted by Crippen LogP contribution is -2.08. The first-order chi connectivity index (χ1) is 29.3. The van der Waals surface area contributed by atoms with Gasteiger partial charge in [-0.15, -0.1) is 0 Å². The lowest BCUT2D eigenvalue weighted by molar-refractivity contribution is -0.137. The van der Waals surface area contributed by atoms with Crippen LogP contribution in [0.5, 0.6) is 0 Å². The molecule has 6 nitrogen and oxygen atoms in total. The largest absolute Gasteiger partial charge is 0.456 e. The molecule has 282 valence electrons. The van der Waals surface area contributed by atoms with Gasteiger partial charge in [0.1, 0.15) is 22.3 Å². The van der Waals surface area contributed by atoms with E-state index in [0.717, 1.165) is 77.3 Å². The van der Waals surface area contributed by atoms with E-state index in [1.165, 1.54) is 6.07 Å². The van der Waals surface area contributed by atoms with E-state index in [4.69, 9.17) is 8.83 Å². The van der Waals surface area contributed by atoms with Crippen LogP contribution in [0.25, 0.3) is 110 Å². The highest BCUT2D eigenvalue weighted by Crippen LogP contribution is 2.48. The van der Waals surface area contributed by atoms with Gasteiger partial charge >= 0.3 is 6.18 Å². The molecular formula is C51H25F3N4O2. The average Bonchev–Trinajstić information content (AvgIpc) is 4.02. The fourth-order valence-electron chi connectivity index (χ4n) is 9.36. The Morgan fingerprint density at radius 2 is 0.900 bits per heavy atom. The maximum atomic E-state index is 14.9. The smallest absolute Gasteiger partial charge is 0.416 e. The van der Waals surface area contributed by atoms with Gasteiger partial charge in [-0.2, -0.15) is 23.7 Å². The van der Waals surface area contributed by atoms with E-state index in [1.54, 1.807) is 12.1 Å². The molecule has 0 N–H and O–H groups in total. The zero-order valence-corrected chi connectivity index (χ0v) is 31.2. The van der Waals surface area contributed by atoms with Crippen LogP contribution in [-0.4, -0.2) is 9.13 Å². The van der Waals surface area contributed by atoms with Crippen LogP contribution in [0.3, 0.4) is 0 Å². The molecule has 0 aliphatic carbocycles. The van der Waals surface area contributed by atoms with Gasteiger partial charge in [0.05, 0.1) is 73.0 Å². The first kappa shape index (κ1) is 33.8. The summed E-state index contributed by atoms with van der Waals surface area (Å²) < 4.78 is 61.5. The van der Waals surface area contributed by atoms with Gasteiger partial charge in [0, 0.05) is 37.9 Å². The molecule has 4 aromatic heterocycles. The maximum Gasteiger partial charge on any atom is 0.416 e. The summed E-state index contributed by atoms with van der Waals surface area (Å²) in [6.45, 7) is 0. The van der Waals surface area contributed by atoms with Crippen molar-refractivity contribution >= 4 is 87.5 Å². The van der Waals surface area contributed by atoms with Crippen molar-refractivity contribution in [1.82, 2.24) is 9.13 Å². The topological polar surface area (TPSA) is 83.7 Å². The highest BCUT2D eigenvalue weighted by atomic mass is 19.4. The molecule has 0 saturated heterocycles. The van der Waals surface area contributed by atoms with E-state index >= 15 is 0 Å². The van der Waals surface area contributed by atoms with Crippen molar-refractivity contribution in [2.45, 2.75) is 6.18 Å². The number of nitriles is 2. The van der Waals surface area contributed by atoms with Gasteiger partial charge in [-0.05, 0) is 84.4 Å². The maximum absolute atomic E-state index is 14.9. The molecule has 60 heavy (non-hydrogen) atoms. The lowest BCUT2D eigenvalue weighted by Gasteiger charge is -2.22. The lowest BCUT2D eigenvalue weighted by atomic mass is 9.94. The zero-order valence-electron chi connectivity index (χ0n) is 31.2. The number of fused-ring (bicyclic) bond motifs is 14. The molecule has 0 saturated carbocycles. The highest BCUT2D eigenvalue weighted by Gasteiger charge is 2.33. The SMILES string of the molecule is N#Cc1cc(-c2c(-n3c4ccccc4c4ccc5oc6ccccc6c5c43)cc(C#N)cc2-n2c3ccccc3c3ccc4oc5ccccc5c4c32)cc(C(F)(F)F)c1. The van der Waals surface area contributed by atoms with E-state index in [-0.39, 0.29) is 16.7 Å². The Bertz CT molecular complexity index is 3710. The average molecular weight is 783 g/mol. The van der Waals surface area contributed by atoms with Crippen LogP contribution < -0.4 is 0 Å². The van der Waals surface area contributed by atoms with Crippen molar-refractivity contribution < 1.29 is 22.0 Å². The van der Waals surface area contributed by atoms with E-state index in [0.29, 0.717) is 39.3 Å². The van der Waals surface area contributed by atoms with Crippen LogP contribution in [0.1, 0.15) is 16.7 Å². The molecule has 12 aromatic rings. The van der Waals surface area contributed by atoms with E-state index in [2.05, 4.69) is 6.07 Å². The molecule has 0 bridgehead atoms. The van der Waals surface area contributed by atoms with Crippen molar-refractivity contribution in [3.8, 4) is 34.6 Å². The highest BCUT2D eigenvalue weighted by molar-refractivity contribution is 6.26. The Morgan fingerprint density at radius 1 is 0.450 bits per heavy atom. The summed E-state index contributed by atoms with van der Waals surface area (Å²) in [6.07, 6.45) is -4.77. The molecule has 0 amide bonds. The Balaban J connectivity index is 1.35. The van der Waals surface area contributed by atoms with Crippen LogP contribution in [0, 0.1) is 22.7 Å². The van der Waals surface area contributed by atoms with E-state index < -0.39 is 11.7 Å². The minimum Gasteiger partial charge on any atom is -0.456 e. The molecule has 4 heterocycles. The van der Waals surface area contributed by atoms with Crippen molar-refractivity contribution in [2.24, 2.45) is 0 Å². The second-order valence-electron chi connectivity index (χ2n) is 15.0. The van der Waals surface area contributed by atoms with Gasteiger partial charge in [-0.3, -0.25) is 0 Å². The van der Waals surface area contributed by atoms with Crippen molar-refractivity contribution in [3.63, 3.8) is 0 Å². The molecule has 0 atom stereocenters. The van der Waals surface area contributed by atoms with Crippen LogP contribution >= 0.6 is 0 Å². The molecule has 12 rings (SSSR count). The standard InChI is InChI=1S/C51H25F3N4O2/c52-51(53,54)31-22-28(26-55)21-30(25-31)46-40(57-38-13-5-1-9-32(38)34-17-19-44-47(49(34)57)36-11-3-7-15-42(36)59-44)23-29(27-56)24-41(46)58-39-14-6-2-10-33(39)35-18-20-45-48(50(35)58)37-12-4-8-16-43(37)60-45/h1-25H. The number of halogens is 3. The quantitative estimate of drug-likeness (QED) is 0.179. The number of hydrogen-bond acceptors (Lipinski definition) is 4. The van der Waals surface area contributed by atoms with E-state index in [9.17, 15) is 23.7 Å². The van der Waals surface area contributed by atoms with Crippen molar-refractivity contribution in [1.29, 1.82) is 10.5 Å². The summed E-state index contributed by atoms with van der Waals surface area (Å²) in [6, 6.07) is 50.4. The number of para-hydroxylation sites is 4. The van der Waals surface area contributed by atoms with Crippen molar-refractivity contribution in [3.05, 3.63) is 168 Å². The number of alkyl halides is 3. The third kappa shape index (κ3) is 4.63. The molecule has 0 aliphatic heterocycles. The summed E-state index contributed by atoms with van der Waals surface area (Å²) in [5, 5.41) is 28.1. The number of aromatic nitrogens is 2. The first-order valence-corrected chi connectivity index (χ1v) is 19.2. The van der Waals surface area contributed by atoms with Crippen molar-refractivity contribution in [2.75, 3.05) is 0 Å². The van der Waals surface area contributed by atoms with E-state index in [1.807, 2.05) is 137 Å². The molecule has 9 heteroatoms. The molecule has 0 unspecified atom stereocenters. The number of benzene rings is 8. The van der Waals surface area contributed by atoms with Gasteiger partial charge in [-0.25, -0.2) is 0 Å². The minimum atomic E-state index is -4.77. The van der Waals surface area contributed by atoms with Crippen LogP contribution in [0.15, 0.2) is 160 Å². The molecule has 0 aliphatic rings. The molecule has 0 spiro atoms. The van der Waals surface area contributed by atoms with Gasteiger partial charge in [0.25, 0.3) is 0 Å². The number of furan rings is 2. The van der Waals surface area contributed by atoms with Gasteiger partial charge in [0.2, 0.25) is 0 Å². The van der Waals surface area contributed by atoms with Crippen LogP contribution in [0.2, 0.25) is 0 Å². The Kier molecular flexibility index (Phi) is 6.84. The zero-order chi connectivity index (χ0) is 40.4. The Hall–Kier alpha value is -8.27. The first-order valence-electron chi connectivity index (χ1n) is 19.2. The van der Waals surface area contributed by atoms with Gasteiger partial charge in [-0.1, -0.05) is 72.8 Å². The second-order valence-corrected chi connectivity index (χ2v) is 15.0. The summed E-state index contributed by atoms with van der Waals surface area (Å²) in [7, 11) is 0. The number of rotatable bonds is 3. The summed E-state index contributed by atoms with van der Waals surface area (Å²) >= 11 is 0. The number of hydrogen-bond donors (Lipinski definition) is 0. The molecular weight excluding hydrogens is 758 g/mol. The number of nitrogens with zero attached hydrogens (tertiary/aromatic N) is 4. The van der Waals surface area contributed by atoms with Gasteiger partial charge in [0.15, 0.2) is 0 Å². The Morgan fingerprint density at radius 3 is 1.38 bits per heavy atom.